The smallest absolute Gasteiger partial charge is 0.337 e. The number of carbonyl (C=O) groups is 1. The number of anilines is 1. The van der Waals surface area contributed by atoms with Gasteiger partial charge in [-0.05, 0) is 25.1 Å². The summed E-state index contributed by atoms with van der Waals surface area (Å²) in [5, 5.41) is 4.35. The Kier molecular flexibility index (Phi) is 3.33. The number of benzene rings is 2. The van der Waals surface area contributed by atoms with Crippen LogP contribution in [0.4, 0.5) is 5.95 Å². The van der Waals surface area contributed by atoms with E-state index in [0.717, 1.165) is 39.1 Å². The van der Waals surface area contributed by atoms with Gasteiger partial charge in [-0.25, -0.2) is 9.78 Å². The molecule has 0 aliphatic carbocycles. The highest BCUT2D eigenvalue weighted by atomic mass is 16.5. The zero-order valence-electron chi connectivity index (χ0n) is 15.0. The standard InChI is InChI=1S/C21H18N4O2/c1-12-18(20(26)27-2)19(14-11-22-15-8-4-3-7-13(14)15)25-17-10-6-5-9-16(17)24-21(25)23-12/h3-11,19,22H,1-2H3,(H,23,24). The van der Waals surface area contributed by atoms with E-state index in [1.54, 1.807) is 0 Å². The summed E-state index contributed by atoms with van der Waals surface area (Å²) < 4.78 is 7.20. The van der Waals surface area contributed by atoms with Crippen LogP contribution < -0.4 is 5.32 Å². The number of hydrogen-bond donors (Lipinski definition) is 2. The molecule has 2 N–H and O–H groups in total. The second kappa shape index (κ2) is 5.74. The number of H-pyrrole nitrogens is 1. The monoisotopic (exact) mass is 358 g/mol. The fraction of sp³-hybridized carbons (Fsp3) is 0.143. The van der Waals surface area contributed by atoms with E-state index >= 15 is 0 Å². The van der Waals surface area contributed by atoms with Crippen LogP contribution in [0.1, 0.15) is 18.5 Å². The molecule has 0 saturated carbocycles. The highest BCUT2D eigenvalue weighted by Gasteiger charge is 2.35. The minimum absolute atomic E-state index is 0.336. The van der Waals surface area contributed by atoms with Crippen molar-refractivity contribution < 1.29 is 9.53 Å². The van der Waals surface area contributed by atoms with Gasteiger partial charge in [0.25, 0.3) is 0 Å². The molecular formula is C21H18N4O2. The van der Waals surface area contributed by atoms with Gasteiger partial charge in [0.05, 0.1) is 29.8 Å². The summed E-state index contributed by atoms with van der Waals surface area (Å²) >= 11 is 0. The van der Waals surface area contributed by atoms with Crippen molar-refractivity contribution in [2.45, 2.75) is 13.0 Å². The van der Waals surface area contributed by atoms with Crippen LogP contribution >= 0.6 is 0 Å². The number of fused-ring (bicyclic) bond motifs is 4. The molecule has 0 fully saturated rings. The Labute approximate surface area is 155 Å². The minimum Gasteiger partial charge on any atom is -0.466 e. The van der Waals surface area contributed by atoms with Crippen LogP contribution in [-0.2, 0) is 9.53 Å². The van der Waals surface area contributed by atoms with Gasteiger partial charge in [0.15, 0.2) is 0 Å². The van der Waals surface area contributed by atoms with Crippen LogP contribution in [0.2, 0.25) is 0 Å². The quantitative estimate of drug-likeness (QED) is 0.532. The normalized spacial score (nSPS) is 16.4. The lowest BCUT2D eigenvalue weighted by molar-refractivity contribution is -0.136. The van der Waals surface area contributed by atoms with Crippen molar-refractivity contribution in [1.82, 2.24) is 14.5 Å². The van der Waals surface area contributed by atoms with Crippen molar-refractivity contribution >= 4 is 33.9 Å². The fourth-order valence-electron chi connectivity index (χ4n) is 3.95. The van der Waals surface area contributed by atoms with Crippen LogP contribution in [0, 0.1) is 0 Å². The van der Waals surface area contributed by atoms with E-state index in [-0.39, 0.29) is 12.0 Å². The van der Waals surface area contributed by atoms with Crippen LogP contribution in [0.15, 0.2) is 66.0 Å². The van der Waals surface area contributed by atoms with Crippen molar-refractivity contribution in [1.29, 1.82) is 0 Å². The number of nitrogens with zero attached hydrogens (tertiary/aromatic N) is 2. The number of aromatic nitrogens is 3. The summed E-state index contributed by atoms with van der Waals surface area (Å²) in [5.74, 6) is 0.371. The SMILES string of the molecule is COC(=O)C1=C(C)Nc2nc3ccccc3n2C1c1c[nH]c2ccccc12. The van der Waals surface area contributed by atoms with Crippen molar-refractivity contribution in [3.05, 3.63) is 71.6 Å². The number of para-hydroxylation sites is 3. The van der Waals surface area contributed by atoms with E-state index in [1.807, 2.05) is 55.6 Å². The molecule has 4 aromatic rings. The van der Waals surface area contributed by atoms with E-state index in [9.17, 15) is 4.79 Å². The average Bonchev–Trinajstić information content (AvgIpc) is 3.27. The predicted molar refractivity (Wildman–Crippen MR) is 105 cm³/mol. The number of allylic oxidation sites excluding steroid dienone is 1. The summed E-state index contributed by atoms with van der Waals surface area (Å²) in [5.41, 5.74) is 5.21. The largest absolute Gasteiger partial charge is 0.466 e. The van der Waals surface area contributed by atoms with Crippen molar-refractivity contribution in [2.75, 3.05) is 12.4 Å². The average molecular weight is 358 g/mol. The molecule has 1 aliphatic heterocycles. The highest BCUT2D eigenvalue weighted by molar-refractivity contribution is 5.96. The first-order chi connectivity index (χ1) is 13.2. The van der Waals surface area contributed by atoms with Crippen LogP contribution in [0.3, 0.4) is 0 Å². The lowest BCUT2D eigenvalue weighted by Gasteiger charge is -2.29. The molecule has 1 aliphatic rings. The fourth-order valence-corrected chi connectivity index (χ4v) is 3.95. The number of hydrogen-bond acceptors (Lipinski definition) is 4. The zero-order chi connectivity index (χ0) is 18.5. The molecule has 0 saturated heterocycles. The number of carbonyl (C=O) groups excluding carboxylic acids is 1. The Balaban J connectivity index is 1.86. The lowest BCUT2D eigenvalue weighted by atomic mass is 9.94. The molecule has 134 valence electrons. The van der Waals surface area contributed by atoms with Crippen LogP contribution in [-0.4, -0.2) is 27.6 Å². The molecule has 6 heteroatoms. The van der Waals surface area contributed by atoms with Crippen molar-refractivity contribution in [2.24, 2.45) is 0 Å². The predicted octanol–water partition coefficient (Wildman–Crippen LogP) is 3.98. The molecule has 1 unspecified atom stereocenters. The molecular weight excluding hydrogens is 340 g/mol. The van der Waals surface area contributed by atoms with Crippen LogP contribution in [0.25, 0.3) is 21.9 Å². The number of imidazole rings is 1. The Bertz CT molecular complexity index is 1230. The maximum absolute atomic E-state index is 12.7. The molecule has 2 aromatic carbocycles. The first-order valence-corrected chi connectivity index (χ1v) is 8.78. The van der Waals surface area contributed by atoms with Gasteiger partial charge >= 0.3 is 5.97 Å². The Morgan fingerprint density at radius 3 is 2.78 bits per heavy atom. The van der Waals surface area contributed by atoms with Crippen molar-refractivity contribution in [3.63, 3.8) is 0 Å². The molecule has 1 atom stereocenters. The van der Waals surface area contributed by atoms with Gasteiger partial charge in [-0.1, -0.05) is 30.3 Å². The van der Waals surface area contributed by atoms with E-state index in [4.69, 9.17) is 9.72 Å². The second-order valence-electron chi connectivity index (χ2n) is 6.64. The maximum Gasteiger partial charge on any atom is 0.337 e. The third-order valence-corrected chi connectivity index (χ3v) is 5.15. The molecule has 5 rings (SSSR count). The molecule has 0 radical (unpaired) electrons. The third-order valence-electron chi connectivity index (χ3n) is 5.15. The number of aromatic amines is 1. The Morgan fingerprint density at radius 2 is 1.93 bits per heavy atom. The molecule has 2 aromatic heterocycles. The van der Waals surface area contributed by atoms with Gasteiger partial charge in [0.2, 0.25) is 5.95 Å². The van der Waals surface area contributed by atoms with E-state index in [1.165, 1.54) is 7.11 Å². The Hall–Kier alpha value is -3.54. The molecule has 0 amide bonds. The highest BCUT2D eigenvalue weighted by Crippen LogP contribution is 2.41. The number of rotatable bonds is 2. The summed E-state index contributed by atoms with van der Waals surface area (Å²) in [6, 6.07) is 15.7. The van der Waals surface area contributed by atoms with Crippen LogP contribution in [0.5, 0.6) is 0 Å². The first kappa shape index (κ1) is 15.7. The molecule has 0 bridgehead atoms. The number of nitrogens with one attached hydrogen (secondary N) is 2. The number of methoxy groups -OCH3 is 1. The second-order valence-corrected chi connectivity index (χ2v) is 6.64. The molecule has 0 spiro atoms. The van der Waals surface area contributed by atoms with Gasteiger partial charge in [0.1, 0.15) is 0 Å². The van der Waals surface area contributed by atoms with Gasteiger partial charge in [-0.3, -0.25) is 4.57 Å². The van der Waals surface area contributed by atoms with E-state index < -0.39 is 0 Å². The van der Waals surface area contributed by atoms with E-state index in [2.05, 4.69) is 20.9 Å². The topological polar surface area (TPSA) is 71.9 Å². The lowest BCUT2D eigenvalue weighted by Crippen LogP contribution is -2.28. The summed E-state index contributed by atoms with van der Waals surface area (Å²) in [4.78, 5) is 20.8. The summed E-state index contributed by atoms with van der Waals surface area (Å²) in [6.45, 7) is 1.89. The zero-order valence-corrected chi connectivity index (χ0v) is 15.0. The number of ether oxygens (including phenoxy) is 1. The summed E-state index contributed by atoms with van der Waals surface area (Å²) in [6.07, 6.45) is 1.97. The van der Waals surface area contributed by atoms with Gasteiger partial charge in [0, 0.05) is 28.4 Å². The van der Waals surface area contributed by atoms with Gasteiger partial charge in [-0.15, -0.1) is 0 Å². The summed E-state index contributed by atoms with van der Waals surface area (Å²) in [7, 11) is 1.41. The van der Waals surface area contributed by atoms with Gasteiger partial charge in [-0.2, -0.15) is 0 Å². The minimum atomic E-state index is -0.348. The van der Waals surface area contributed by atoms with E-state index in [0.29, 0.717) is 5.57 Å². The third kappa shape index (κ3) is 2.19. The first-order valence-electron chi connectivity index (χ1n) is 8.78. The molecule has 6 nitrogen and oxygen atoms in total. The number of esters is 1. The molecule has 27 heavy (non-hydrogen) atoms. The molecule has 3 heterocycles. The van der Waals surface area contributed by atoms with Gasteiger partial charge < -0.3 is 15.0 Å². The van der Waals surface area contributed by atoms with Crippen molar-refractivity contribution in [3.8, 4) is 0 Å². The maximum atomic E-state index is 12.7. The Morgan fingerprint density at radius 1 is 1.15 bits per heavy atom.